The molecule has 1 saturated heterocycles. The predicted molar refractivity (Wildman–Crippen MR) is 102 cm³/mol. The summed E-state index contributed by atoms with van der Waals surface area (Å²) in [6.07, 6.45) is 1.97. The third kappa shape index (κ3) is 6.69. The highest BCUT2D eigenvalue weighted by Crippen LogP contribution is 2.21. The zero-order valence-corrected chi connectivity index (χ0v) is 16.1. The van der Waals surface area contributed by atoms with Crippen molar-refractivity contribution in [2.45, 2.75) is 19.0 Å². The second-order valence-corrected chi connectivity index (χ2v) is 8.59. The normalized spacial score (nSPS) is 18.1. The van der Waals surface area contributed by atoms with Crippen LogP contribution in [0.2, 0.25) is 0 Å². The summed E-state index contributed by atoms with van der Waals surface area (Å²) in [5.74, 6) is 0.344. The highest BCUT2D eigenvalue weighted by Gasteiger charge is 2.33. The Morgan fingerprint density at radius 2 is 2.04 bits per heavy atom. The lowest BCUT2D eigenvalue weighted by Crippen LogP contribution is -2.47. The fourth-order valence-corrected chi connectivity index (χ4v) is 4.66. The van der Waals surface area contributed by atoms with Gasteiger partial charge < -0.3 is 10.1 Å². The number of hydrogen-bond acceptors (Lipinski definition) is 6. The van der Waals surface area contributed by atoms with Gasteiger partial charge in [0, 0.05) is 19.1 Å². The maximum absolute atomic E-state index is 12.2. The molecule has 148 valence electrons. The molecule has 1 aliphatic rings. The van der Waals surface area contributed by atoms with Gasteiger partial charge in [-0.1, -0.05) is 18.2 Å². The van der Waals surface area contributed by atoms with Gasteiger partial charge >= 0.3 is 6.03 Å². The number of carbonyl (C=O) groups excluding carboxylic acids is 2. The Labute approximate surface area is 159 Å². The summed E-state index contributed by atoms with van der Waals surface area (Å²) in [4.78, 5) is 25.6. The van der Waals surface area contributed by atoms with Crippen molar-refractivity contribution in [3.8, 4) is 5.75 Å². The Balaban J connectivity index is 2.06. The first-order valence-electron chi connectivity index (χ1n) is 8.59. The molecule has 0 bridgehead atoms. The van der Waals surface area contributed by atoms with E-state index in [2.05, 4.69) is 17.2 Å². The van der Waals surface area contributed by atoms with Crippen LogP contribution < -0.4 is 15.4 Å². The Morgan fingerprint density at radius 1 is 1.33 bits per heavy atom. The van der Waals surface area contributed by atoms with E-state index in [0.717, 1.165) is 5.56 Å². The molecule has 1 heterocycles. The van der Waals surface area contributed by atoms with E-state index >= 15 is 0 Å². The number of imide groups is 1. The minimum atomic E-state index is -3.10. The minimum Gasteiger partial charge on any atom is -0.497 e. The third-order valence-electron chi connectivity index (χ3n) is 4.28. The molecule has 0 saturated carbocycles. The fourth-order valence-electron chi connectivity index (χ4n) is 2.90. The van der Waals surface area contributed by atoms with Gasteiger partial charge in [0.1, 0.15) is 5.75 Å². The molecule has 2 N–H and O–H groups in total. The van der Waals surface area contributed by atoms with Crippen molar-refractivity contribution in [3.05, 3.63) is 42.5 Å². The van der Waals surface area contributed by atoms with Gasteiger partial charge in [-0.2, -0.15) is 0 Å². The zero-order chi connectivity index (χ0) is 19.9. The van der Waals surface area contributed by atoms with Crippen molar-refractivity contribution in [1.29, 1.82) is 0 Å². The van der Waals surface area contributed by atoms with E-state index in [1.54, 1.807) is 12.0 Å². The van der Waals surface area contributed by atoms with Crippen molar-refractivity contribution in [2.75, 3.05) is 31.7 Å². The predicted octanol–water partition coefficient (Wildman–Crippen LogP) is 0.696. The lowest BCUT2D eigenvalue weighted by Gasteiger charge is -2.27. The first-order chi connectivity index (χ1) is 12.8. The number of rotatable bonds is 8. The number of hydrogen-bond donors (Lipinski definition) is 2. The lowest BCUT2D eigenvalue weighted by molar-refractivity contribution is -0.121. The van der Waals surface area contributed by atoms with Gasteiger partial charge in [0.2, 0.25) is 5.91 Å². The molecule has 2 rings (SSSR count). The van der Waals surface area contributed by atoms with Crippen LogP contribution in [0.25, 0.3) is 0 Å². The van der Waals surface area contributed by atoms with Gasteiger partial charge in [-0.3, -0.25) is 15.0 Å². The number of nitrogens with zero attached hydrogens (tertiary/aromatic N) is 1. The maximum atomic E-state index is 12.2. The van der Waals surface area contributed by atoms with Crippen molar-refractivity contribution in [2.24, 2.45) is 0 Å². The summed E-state index contributed by atoms with van der Waals surface area (Å²) in [6.45, 7) is 4.05. The van der Waals surface area contributed by atoms with E-state index in [0.29, 0.717) is 18.7 Å². The van der Waals surface area contributed by atoms with Crippen LogP contribution in [0.15, 0.2) is 36.9 Å². The van der Waals surface area contributed by atoms with Crippen molar-refractivity contribution >= 4 is 21.8 Å². The molecule has 9 heteroatoms. The quantitative estimate of drug-likeness (QED) is 0.628. The average molecular weight is 395 g/mol. The number of amides is 3. The van der Waals surface area contributed by atoms with Crippen LogP contribution in [0.1, 0.15) is 12.0 Å². The maximum Gasteiger partial charge on any atom is 0.321 e. The molecule has 0 spiro atoms. The minimum absolute atomic E-state index is 0.0130. The van der Waals surface area contributed by atoms with Gasteiger partial charge in [-0.25, -0.2) is 13.2 Å². The summed E-state index contributed by atoms with van der Waals surface area (Å²) in [5, 5.41) is 4.71. The molecule has 0 aliphatic carbocycles. The van der Waals surface area contributed by atoms with Crippen LogP contribution in [0.4, 0.5) is 4.79 Å². The zero-order valence-electron chi connectivity index (χ0n) is 15.3. The number of ether oxygens (including phenoxy) is 1. The number of urea groups is 1. The first kappa shape index (κ1) is 20.9. The van der Waals surface area contributed by atoms with E-state index in [1.165, 1.54) is 6.08 Å². The summed E-state index contributed by atoms with van der Waals surface area (Å²) in [5.41, 5.74) is 0.920. The van der Waals surface area contributed by atoms with E-state index in [-0.39, 0.29) is 30.6 Å². The van der Waals surface area contributed by atoms with Crippen molar-refractivity contribution in [1.82, 2.24) is 15.5 Å². The molecule has 0 radical (unpaired) electrons. The van der Waals surface area contributed by atoms with Crippen LogP contribution in [0.3, 0.4) is 0 Å². The second kappa shape index (κ2) is 9.52. The van der Waals surface area contributed by atoms with Crippen LogP contribution in [0, 0.1) is 0 Å². The number of nitrogens with one attached hydrogen (secondary N) is 2. The summed E-state index contributed by atoms with van der Waals surface area (Å²) >= 11 is 0. The molecule has 1 aromatic carbocycles. The highest BCUT2D eigenvalue weighted by atomic mass is 32.2. The SMILES string of the molecule is C=CCNC(=O)NC(=O)CN(Cc1ccc(OC)cc1)C1CCS(=O)(=O)C1. The van der Waals surface area contributed by atoms with Gasteiger partial charge in [0.25, 0.3) is 0 Å². The molecular formula is C18H25N3O5S. The number of benzene rings is 1. The van der Waals surface area contributed by atoms with Crippen molar-refractivity contribution in [3.63, 3.8) is 0 Å². The average Bonchev–Trinajstić information content (AvgIpc) is 3.00. The van der Waals surface area contributed by atoms with Gasteiger partial charge in [-0.05, 0) is 24.1 Å². The van der Waals surface area contributed by atoms with Crippen LogP contribution in [0.5, 0.6) is 5.75 Å². The molecule has 1 unspecified atom stereocenters. The molecule has 1 fully saturated rings. The molecule has 1 atom stereocenters. The molecule has 1 aliphatic heterocycles. The largest absolute Gasteiger partial charge is 0.497 e. The molecular weight excluding hydrogens is 370 g/mol. The number of methoxy groups -OCH3 is 1. The van der Waals surface area contributed by atoms with Crippen LogP contribution in [-0.2, 0) is 21.2 Å². The van der Waals surface area contributed by atoms with E-state index in [9.17, 15) is 18.0 Å². The molecule has 27 heavy (non-hydrogen) atoms. The van der Waals surface area contributed by atoms with Gasteiger partial charge in [0.15, 0.2) is 9.84 Å². The summed E-state index contributed by atoms with van der Waals surface area (Å²) in [7, 11) is -1.52. The summed E-state index contributed by atoms with van der Waals surface area (Å²) in [6, 6.07) is 6.47. The Bertz CT molecular complexity index is 777. The van der Waals surface area contributed by atoms with Crippen LogP contribution >= 0.6 is 0 Å². The number of sulfone groups is 1. The first-order valence-corrected chi connectivity index (χ1v) is 10.4. The van der Waals surface area contributed by atoms with Crippen molar-refractivity contribution < 1.29 is 22.7 Å². The Morgan fingerprint density at radius 3 is 2.59 bits per heavy atom. The smallest absolute Gasteiger partial charge is 0.321 e. The standard InChI is InChI=1S/C18H25N3O5S/c1-3-9-19-18(23)20-17(22)12-21(15-8-10-27(24,25)13-15)11-14-4-6-16(26-2)7-5-14/h3-7,15H,1,8-13H2,2H3,(H2,19,20,22,23). The lowest BCUT2D eigenvalue weighted by atomic mass is 10.1. The number of carbonyl (C=O) groups is 2. The van der Waals surface area contributed by atoms with E-state index < -0.39 is 21.8 Å². The second-order valence-electron chi connectivity index (χ2n) is 6.36. The molecule has 1 aromatic rings. The van der Waals surface area contributed by atoms with E-state index in [4.69, 9.17) is 4.74 Å². The van der Waals surface area contributed by atoms with Gasteiger partial charge in [0.05, 0.1) is 25.2 Å². The fraction of sp³-hybridized carbons (Fsp3) is 0.444. The third-order valence-corrected chi connectivity index (χ3v) is 6.03. The molecule has 0 aromatic heterocycles. The van der Waals surface area contributed by atoms with E-state index in [1.807, 2.05) is 24.3 Å². The molecule has 3 amide bonds. The summed E-state index contributed by atoms with van der Waals surface area (Å²) < 4.78 is 28.8. The highest BCUT2D eigenvalue weighted by molar-refractivity contribution is 7.91. The molecule has 8 nitrogen and oxygen atoms in total. The monoisotopic (exact) mass is 395 g/mol. The Kier molecular flexibility index (Phi) is 7.37. The topological polar surface area (TPSA) is 105 Å². The van der Waals surface area contributed by atoms with Gasteiger partial charge in [-0.15, -0.1) is 6.58 Å². The van der Waals surface area contributed by atoms with Crippen LogP contribution in [-0.4, -0.2) is 63.0 Å². The Hall–Kier alpha value is -2.39.